The summed E-state index contributed by atoms with van der Waals surface area (Å²) in [6.45, 7) is 5.17. The number of benzene rings is 2. The van der Waals surface area contributed by atoms with E-state index >= 15 is 4.39 Å². The van der Waals surface area contributed by atoms with Crippen LogP contribution >= 0.6 is 0 Å². The molecule has 5 rings (SSSR count). The first-order chi connectivity index (χ1) is 17.4. The van der Waals surface area contributed by atoms with E-state index in [0.29, 0.717) is 30.7 Å². The number of hydrogen-bond donors (Lipinski definition) is 1. The van der Waals surface area contributed by atoms with Crippen LogP contribution in [0.2, 0.25) is 0 Å². The van der Waals surface area contributed by atoms with Crippen LogP contribution in [0, 0.1) is 17.6 Å². The Morgan fingerprint density at radius 3 is 2.58 bits per heavy atom. The molecule has 10 heteroatoms. The molecule has 0 bridgehead atoms. The molecule has 1 aliphatic rings. The van der Waals surface area contributed by atoms with E-state index in [4.69, 9.17) is 5.73 Å². The van der Waals surface area contributed by atoms with Crippen LogP contribution in [-0.2, 0) is 11.3 Å². The maximum Gasteiger partial charge on any atom is 0.245 e. The van der Waals surface area contributed by atoms with Gasteiger partial charge in [0, 0.05) is 36.3 Å². The maximum atomic E-state index is 15.3. The van der Waals surface area contributed by atoms with Crippen molar-refractivity contribution in [2.24, 2.45) is 5.92 Å². The number of nitrogens with two attached hydrogens (primary N) is 1. The van der Waals surface area contributed by atoms with Crippen molar-refractivity contribution in [1.29, 1.82) is 0 Å². The van der Waals surface area contributed by atoms with Gasteiger partial charge in [0.25, 0.3) is 0 Å². The standard InChI is InChI=1S/C26H22F2N6O2/c1-2-21(35)33-10-9-15(12-33)13-34-26-22(25(29)30-14-31-26)23(32-34)19-8-5-17(11-20(19)28)24(36)16-3-6-18(27)7-4-16/h2-8,11,14-15H,1,9-10,12-13H2,(H2,29,30,31). The van der Waals surface area contributed by atoms with Crippen molar-refractivity contribution in [3.8, 4) is 11.3 Å². The van der Waals surface area contributed by atoms with E-state index < -0.39 is 17.4 Å². The summed E-state index contributed by atoms with van der Waals surface area (Å²) in [6, 6.07) is 9.14. The normalized spacial score (nSPS) is 15.4. The van der Waals surface area contributed by atoms with Crippen LogP contribution < -0.4 is 5.73 Å². The van der Waals surface area contributed by atoms with Gasteiger partial charge in [-0.2, -0.15) is 5.10 Å². The average molecular weight is 488 g/mol. The van der Waals surface area contributed by atoms with E-state index in [2.05, 4.69) is 21.6 Å². The van der Waals surface area contributed by atoms with Gasteiger partial charge in [0.1, 0.15) is 29.5 Å². The fraction of sp³-hybridized carbons (Fsp3) is 0.192. The Balaban J connectivity index is 1.49. The lowest BCUT2D eigenvalue weighted by molar-refractivity contribution is -0.125. The Morgan fingerprint density at radius 2 is 1.86 bits per heavy atom. The molecular formula is C26H22F2N6O2. The van der Waals surface area contributed by atoms with Gasteiger partial charge in [0.2, 0.25) is 5.91 Å². The molecule has 0 saturated carbocycles. The van der Waals surface area contributed by atoms with Gasteiger partial charge in [0.05, 0.1) is 5.39 Å². The second-order valence-electron chi connectivity index (χ2n) is 8.66. The van der Waals surface area contributed by atoms with Gasteiger partial charge in [-0.05, 0) is 54.8 Å². The van der Waals surface area contributed by atoms with Crippen LogP contribution in [0.3, 0.4) is 0 Å². The summed E-state index contributed by atoms with van der Waals surface area (Å²) in [7, 11) is 0. The molecule has 0 aliphatic carbocycles. The predicted molar refractivity (Wildman–Crippen MR) is 130 cm³/mol. The SMILES string of the molecule is C=CC(=O)N1CCC(Cn2nc(-c3ccc(C(=O)c4ccc(F)cc4)cc3F)c3c(N)ncnc32)C1. The fourth-order valence-corrected chi connectivity index (χ4v) is 4.52. The number of aromatic nitrogens is 4. The monoisotopic (exact) mass is 488 g/mol. The van der Waals surface area contributed by atoms with E-state index in [9.17, 15) is 14.0 Å². The van der Waals surface area contributed by atoms with Crippen molar-refractivity contribution >= 4 is 28.5 Å². The molecule has 182 valence electrons. The zero-order valence-electron chi connectivity index (χ0n) is 19.2. The average Bonchev–Trinajstić information content (AvgIpc) is 3.49. The summed E-state index contributed by atoms with van der Waals surface area (Å²) in [5.74, 6) is -1.40. The molecule has 2 aromatic carbocycles. The fourth-order valence-electron chi connectivity index (χ4n) is 4.52. The first-order valence-electron chi connectivity index (χ1n) is 11.3. The van der Waals surface area contributed by atoms with Crippen LogP contribution in [0.4, 0.5) is 14.6 Å². The van der Waals surface area contributed by atoms with Gasteiger partial charge in [-0.3, -0.25) is 9.59 Å². The number of hydrogen-bond acceptors (Lipinski definition) is 6. The Labute approximate surface area is 205 Å². The molecule has 1 aliphatic heterocycles. The van der Waals surface area contributed by atoms with Crippen LogP contribution in [0.25, 0.3) is 22.3 Å². The highest BCUT2D eigenvalue weighted by Gasteiger charge is 2.27. The Morgan fingerprint density at radius 1 is 1.11 bits per heavy atom. The van der Waals surface area contributed by atoms with Crippen molar-refractivity contribution in [3.05, 3.63) is 84.2 Å². The first-order valence-corrected chi connectivity index (χ1v) is 11.3. The molecule has 2 N–H and O–H groups in total. The molecule has 36 heavy (non-hydrogen) atoms. The van der Waals surface area contributed by atoms with Crippen LogP contribution in [0.5, 0.6) is 0 Å². The number of ketones is 1. The minimum Gasteiger partial charge on any atom is -0.383 e. The summed E-state index contributed by atoms with van der Waals surface area (Å²) >= 11 is 0. The molecular weight excluding hydrogens is 466 g/mol. The van der Waals surface area contributed by atoms with E-state index in [1.54, 1.807) is 9.58 Å². The van der Waals surface area contributed by atoms with Crippen LogP contribution in [-0.4, -0.2) is 49.4 Å². The summed E-state index contributed by atoms with van der Waals surface area (Å²) < 4.78 is 30.2. The number of anilines is 1. The third kappa shape index (κ3) is 4.21. The molecule has 1 fully saturated rings. The second-order valence-corrected chi connectivity index (χ2v) is 8.66. The highest BCUT2D eigenvalue weighted by atomic mass is 19.1. The first kappa shape index (κ1) is 23.3. The maximum absolute atomic E-state index is 15.3. The zero-order valence-corrected chi connectivity index (χ0v) is 19.2. The lowest BCUT2D eigenvalue weighted by Gasteiger charge is -2.14. The third-order valence-corrected chi connectivity index (χ3v) is 6.35. The van der Waals surface area contributed by atoms with E-state index in [0.717, 1.165) is 12.5 Å². The third-order valence-electron chi connectivity index (χ3n) is 6.35. The number of nitrogens with zero attached hydrogens (tertiary/aromatic N) is 5. The molecule has 0 radical (unpaired) electrons. The number of carbonyl (C=O) groups is 2. The van der Waals surface area contributed by atoms with Gasteiger partial charge < -0.3 is 10.6 Å². The number of nitrogen functional groups attached to an aromatic ring is 1. The Hall–Kier alpha value is -4.47. The molecule has 1 saturated heterocycles. The van der Waals surface area contributed by atoms with E-state index in [1.165, 1.54) is 48.8 Å². The minimum absolute atomic E-state index is 0.118. The number of halogens is 2. The molecule has 3 heterocycles. The number of carbonyl (C=O) groups excluding carboxylic acids is 2. The van der Waals surface area contributed by atoms with Crippen molar-refractivity contribution in [3.63, 3.8) is 0 Å². The molecule has 4 aromatic rings. The number of rotatable bonds is 6. The Bertz CT molecular complexity index is 1500. The summed E-state index contributed by atoms with van der Waals surface area (Å²) in [4.78, 5) is 34.8. The van der Waals surface area contributed by atoms with Gasteiger partial charge in [-0.15, -0.1) is 0 Å². The van der Waals surface area contributed by atoms with Gasteiger partial charge in [-0.1, -0.05) is 12.6 Å². The molecule has 1 atom stereocenters. The van der Waals surface area contributed by atoms with Crippen molar-refractivity contribution < 1.29 is 18.4 Å². The van der Waals surface area contributed by atoms with Crippen LogP contribution in [0.15, 0.2) is 61.4 Å². The van der Waals surface area contributed by atoms with Gasteiger partial charge in [0.15, 0.2) is 11.4 Å². The molecule has 2 aromatic heterocycles. The lowest BCUT2D eigenvalue weighted by atomic mass is 10.00. The van der Waals surface area contributed by atoms with Crippen molar-refractivity contribution in [2.75, 3.05) is 18.8 Å². The molecule has 8 nitrogen and oxygen atoms in total. The predicted octanol–water partition coefficient (Wildman–Crippen LogP) is 3.62. The topological polar surface area (TPSA) is 107 Å². The highest BCUT2D eigenvalue weighted by molar-refractivity contribution is 6.09. The quantitative estimate of drug-likeness (QED) is 0.328. The van der Waals surface area contributed by atoms with Crippen molar-refractivity contribution in [1.82, 2.24) is 24.6 Å². The van der Waals surface area contributed by atoms with Crippen molar-refractivity contribution in [2.45, 2.75) is 13.0 Å². The number of likely N-dealkylation sites (tertiary alicyclic amines) is 1. The number of fused-ring (bicyclic) bond motifs is 1. The van der Waals surface area contributed by atoms with Gasteiger partial charge >= 0.3 is 0 Å². The smallest absolute Gasteiger partial charge is 0.245 e. The second kappa shape index (κ2) is 9.29. The largest absolute Gasteiger partial charge is 0.383 e. The summed E-state index contributed by atoms with van der Waals surface area (Å²) in [5, 5.41) is 5.03. The van der Waals surface area contributed by atoms with Crippen LogP contribution in [0.1, 0.15) is 22.3 Å². The number of amides is 1. The Kier molecular flexibility index (Phi) is 6.01. The van der Waals surface area contributed by atoms with Gasteiger partial charge in [-0.25, -0.2) is 23.4 Å². The van der Waals surface area contributed by atoms with E-state index in [-0.39, 0.29) is 40.0 Å². The highest BCUT2D eigenvalue weighted by Crippen LogP contribution is 2.33. The molecule has 0 spiro atoms. The zero-order chi connectivity index (χ0) is 25.4. The molecule has 1 amide bonds. The summed E-state index contributed by atoms with van der Waals surface area (Å²) in [5.41, 5.74) is 7.36. The van der Waals surface area contributed by atoms with E-state index in [1.807, 2.05) is 0 Å². The lowest BCUT2D eigenvalue weighted by Crippen LogP contribution is -2.27. The minimum atomic E-state index is -0.665. The summed E-state index contributed by atoms with van der Waals surface area (Å²) in [6.07, 6.45) is 3.40. The molecule has 1 unspecified atom stereocenters.